The fourth-order valence-corrected chi connectivity index (χ4v) is 0. The summed E-state index contributed by atoms with van der Waals surface area (Å²) < 4.78 is 0. The van der Waals surface area contributed by atoms with Gasteiger partial charge in [-0.25, -0.2) is 0 Å². The molecule has 0 N–H and O–H groups in total. The van der Waals surface area contributed by atoms with E-state index in [1.54, 1.807) is 0 Å². The van der Waals surface area contributed by atoms with Crippen LogP contribution in [0.1, 0.15) is 0 Å². The normalized spacial score (nSPS) is 3.60. The maximum atomic E-state index is 4.69. The first-order valence-electron chi connectivity index (χ1n) is 0.712. The van der Waals surface area contributed by atoms with E-state index in [0.29, 0.717) is 0 Å². The number of terminal acetylenes is 1. The Balaban J connectivity index is 0. The standard InChI is InChI=1S/C2H2PS.Tl/c1-2-4-3;/h1,4H;/q-1;. The maximum absolute atomic E-state index is 4.69. The Hall–Kier alpha value is 1.26. The Bertz CT molecular complexity index is 64.6. The molecule has 1 radical (unpaired) electrons. The Morgan fingerprint density at radius 1 is 1.80 bits per heavy atom. The minimum atomic E-state index is 0. The minimum Gasteiger partial charge on any atom is 0 e. The molecule has 0 heterocycles. The van der Waals surface area contributed by atoms with E-state index >= 15 is 0 Å². The molecular weight excluding hydrogens is 291 g/mol. The van der Waals surface area contributed by atoms with Crippen molar-refractivity contribution in [2.45, 2.75) is 0 Å². The average Bonchev–Trinajstić information content (AvgIpc) is 1.37. The second-order valence-corrected chi connectivity index (χ2v) is 1.29. The van der Waals surface area contributed by atoms with Gasteiger partial charge in [0.2, 0.25) is 0 Å². The molecule has 0 atom stereocenters. The van der Waals surface area contributed by atoms with E-state index in [0.717, 1.165) is 10.7 Å². The fourth-order valence-electron chi connectivity index (χ4n) is 0. The van der Waals surface area contributed by atoms with Gasteiger partial charge in [-0.2, -0.15) is 0 Å². The van der Waals surface area contributed by atoms with Gasteiger partial charge >= 0.3 is 30.2 Å². The third kappa shape index (κ3) is 10.9. The van der Waals surface area contributed by atoms with Crippen LogP contribution in [0.3, 0.4) is 0 Å². The maximum Gasteiger partial charge on any atom is 0 e. The van der Waals surface area contributed by atoms with E-state index in [9.17, 15) is 0 Å². The van der Waals surface area contributed by atoms with Crippen LogP contribution in [0.25, 0.3) is 0 Å². The van der Waals surface area contributed by atoms with Gasteiger partial charge in [-0.05, 0) is 0 Å². The monoisotopic (exact) mass is 294 g/mol. The summed E-state index contributed by atoms with van der Waals surface area (Å²) in [4.78, 5) is 0. The van der Waals surface area contributed by atoms with Crippen LogP contribution in [-0.2, 0) is 10.7 Å². The zero-order valence-corrected chi connectivity index (χ0v) is 8.83. The van der Waals surface area contributed by atoms with E-state index in [-0.39, 0.29) is 27.3 Å². The molecule has 0 saturated carbocycles. The molecule has 0 spiro atoms. The van der Waals surface area contributed by atoms with Gasteiger partial charge < -0.3 is 0 Å². The molecule has 0 saturated heterocycles. The summed E-state index contributed by atoms with van der Waals surface area (Å²) >= 11 is 0. The van der Waals surface area contributed by atoms with E-state index < -0.39 is 0 Å². The largest absolute Gasteiger partial charge is 0 e. The molecule has 25 valence electrons. The van der Waals surface area contributed by atoms with E-state index in [1.807, 2.05) is 0 Å². The molecule has 0 amide bonds. The molecule has 0 bridgehead atoms. The van der Waals surface area contributed by atoms with Gasteiger partial charge in [0.15, 0.2) is 0 Å². The molecule has 0 aliphatic carbocycles. The molecule has 0 aromatic heterocycles. The van der Waals surface area contributed by atoms with Crippen molar-refractivity contribution in [3.8, 4) is 11.7 Å². The van der Waals surface area contributed by atoms with Crippen molar-refractivity contribution in [1.29, 1.82) is 0 Å². The predicted molar refractivity (Wildman–Crippen MR) is 30.3 cm³/mol. The molecule has 0 aromatic carbocycles. The predicted octanol–water partition coefficient (Wildman–Crippen LogP) is 0.337. The minimum absolute atomic E-state index is 0. The zero-order valence-electron chi connectivity index (χ0n) is 2.55. The van der Waals surface area contributed by atoms with Crippen LogP contribution in [0.2, 0.25) is 0 Å². The second kappa shape index (κ2) is 8.98. The Morgan fingerprint density at radius 2 is 2.00 bits per heavy atom. The van der Waals surface area contributed by atoms with Crippen LogP contribution < -0.4 is 0 Å². The third-order valence-corrected chi connectivity index (χ3v) is 0.520. The van der Waals surface area contributed by atoms with Crippen molar-refractivity contribution in [2.75, 3.05) is 0 Å². The van der Waals surface area contributed by atoms with Gasteiger partial charge in [-0.3, -0.25) is 0 Å². The van der Waals surface area contributed by atoms with Crippen molar-refractivity contribution in [3.63, 3.8) is 0 Å². The quantitative estimate of drug-likeness (QED) is 0.199. The number of rotatable bonds is 0. The van der Waals surface area contributed by atoms with E-state index in [4.69, 9.17) is 0 Å². The molecule has 3 heteroatoms. The van der Waals surface area contributed by atoms with Crippen LogP contribution in [0, 0.1) is 11.7 Å². The molecule has 0 rings (SSSR count). The van der Waals surface area contributed by atoms with Crippen LogP contribution in [0.4, 0.5) is 0 Å². The first kappa shape index (κ1) is 9.55. The molecule has 0 unspecified atom stereocenters. The Kier molecular flexibility index (Phi) is 17.1. The van der Waals surface area contributed by atoms with Gasteiger partial charge in [0.1, 0.15) is 0 Å². The van der Waals surface area contributed by atoms with Crippen LogP contribution in [0.15, 0.2) is 0 Å². The third-order valence-electron chi connectivity index (χ3n) is 0.0577. The Labute approximate surface area is 57.3 Å². The summed E-state index contributed by atoms with van der Waals surface area (Å²) in [5.74, 6) is 0. The molecule has 0 nitrogen and oxygen atoms in total. The summed E-state index contributed by atoms with van der Waals surface area (Å²) in [6, 6.07) is 0. The molecular formula is C2H2PSTl-. The SMILES string of the molecule is C#C[SH-]#P.[Tl]. The molecule has 5 heavy (non-hydrogen) atoms. The number of hydrogen-bond acceptors (Lipinski definition) is 1. The molecule has 0 fully saturated rings. The Morgan fingerprint density at radius 3 is 2.00 bits per heavy atom. The van der Waals surface area contributed by atoms with Crippen molar-refractivity contribution in [2.24, 2.45) is 0 Å². The fraction of sp³-hybridized carbons (Fsp3) is 0. The summed E-state index contributed by atoms with van der Waals surface area (Å²) in [7, 11) is 4.38. The van der Waals surface area contributed by atoms with Crippen LogP contribution >= 0.6 is 7.81 Å². The van der Waals surface area contributed by atoms with Gasteiger partial charge in [0.05, 0.1) is 0 Å². The van der Waals surface area contributed by atoms with Gasteiger partial charge in [-0.15, -0.1) is 0 Å². The van der Waals surface area contributed by atoms with Crippen molar-refractivity contribution in [3.05, 3.63) is 0 Å². The smallest absolute Gasteiger partial charge is 0 e. The first-order valence-corrected chi connectivity index (χ1v) is 2.76. The summed E-state index contributed by atoms with van der Waals surface area (Å²) in [6.45, 7) is 0. The second-order valence-electron chi connectivity index (χ2n) is 0.229. The van der Waals surface area contributed by atoms with Crippen molar-refractivity contribution in [1.82, 2.24) is 0 Å². The van der Waals surface area contributed by atoms with Gasteiger partial charge in [0, 0.05) is 27.3 Å². The zero-order chi connectivity index (χ0) is 3.41. The molecule has 0 aliphatic rings. The van der Waals surface area contributed by atoms with Gasteiger partial charge in [-0.1, -0.05) is 0 Å². The first-order chi connectivity index (χ1) is 1.91. The summed E-state index contributed by atoms with van der Waals surface area (Å²) in [6.07, 6.45) is 4.69. The van der Waals surface area contributed by atoms with Crippen LogP contribution in [0.5, 0.6) is 0 Å². The topological polar surface area (TPSA) is 0 Å². The molecule has 0 aromatic rings. The molecule has 0 aliphatic heterocycles. The van der Waals surface area contributed by atoms with Crippen LogP contribution in [-0.4, -0.2) is 27.3 Å². The average molecular weight is 293 g/mol. The van der Waals surface area contributed by atoms with Gasteiger partial charge in [0.25, 0.3) is 0 Å². The van der Waals surface area contributed by atoms with Crippen molar-refractivity contribution < 1.29 is 0 Å². The van der Waals surface area contributed by atoms with Crippen molar-refractivity contribution >= 4 is 45.9 Å². The summed E-state index contributed by atoms with van der Waals surface area (Å²) in [5, 5.41) is 2.27. The number of thiol groups is 1. The van der Waals surface area contributed by atoms with E-state index in [2.05, 4.69) is 19.5 Å². The number of hydrogen-bond donors (Lipinski definition) is 0. The summed E-state index contributed by atoms with van der Waals surface area (Å²) in [5.41, 5.74) is 0. The van der Waals surface area contributed by atoms with E-state index in [1.165, 1.54) is 0 Å².